The quantitative estimate of drug-likeness (QED) is 0.848. The second-order valence-electron chi connectivity index (χ2n) is 5.67. The zero-order valence-corrected chi connectivity index (χ0v) is 10.6. The van der Waals surface area contributed by atoms with Gasteiger partial charge in [-0.2, -0.15) is 0 Å². The molecule has 2 aliphatic carbocycles. The Morgan fingerprint density at radius 2 is 2.06 bits per heavy atom. The van der Waals surface area contributed by atoms with Gasteiger partial charge in [-0.25, -0.2) is 0 Å². The predicted molar refractivity (Wildman–Crippen MR) is 71.1 cm³/mol. The van der Waals surface area contributed by atoms with E-state index in [4.69, 9.17) is 5.73 Å². The Kier molecular flexibility index (Phi) is 2.86. The van der Waals surface area contributed by atoms with E-state index in [2.05, 4.69) is 29.6 Å². The van der Waals surface area contributed by atoms with E-state index in [1.54, 1.807) is 0 Å². The molecule has 2 aliphatic rings. The van der Waals surface area contributed by atoms with Crippen molar-refractivity contribution in [2.45, 2.75) is 37.6 Å². The molecule has 1 aromatic rings. The van der Waals surface area contributed by atoms with Crippen LogP contribution < -0.4 is 11.1 Å². The van der Waals surface area contributed by atoms with Gasteiger partial charge in [0.2, 0.25) is 5.91 Å². The summed E-state index contributed by atoms with van der Waals surface area (Å²) in [5, 5.41) is 3.18. The maximum Gasteiger partial charge on any atom is 0.227 e. The van der Waals surface area contributed by atoms with E-state index < -0.39 is 0 Å². The molecule has 2 atom stereocenters. The van der Waals surface area contributed by atoms with Crippen molar-refractivity contribution in [3.63, 3.8) is 0 Å². The highest BCUT2D eigenvalue weighted by Crippen LogP contribution is 2.44. The fourth-order valence-electron chi connectivity index (χ4n) is 2.87. The number of rotatable bonds is 4. The number of carbonyl (C=O) groups excluding carboxylic acids is 1. The van der Waals surface area contributed by atoms with Crippen molar-refractivity contribution in [1.29, 1.82) is 0 Å². The molecule has 0 radical (unpaired) electrons. The predicted octanol–water partition coefficient (Wildman–Crippen LogP) is 1.79. The van der Waals surface area contributed by atoms with E-state index in [1.165, 1.54) is 5.56 Å². The lowest BCUT2D eigenvalue weighted by atomic mass is 9.68. The minimum atomic E-state index is -0.246. The fraction of sp³-hybridized carbons (Fsp3) is 0.533. The molecule has 3 rings (SSSR count). The van der Waals surface area contributed by atoms with Crippen molar-refractivity contribution in [3.8, 4) is 0 Å². The average molecular weight is 244 g/mol. The normalized spacial score (nSPS) is 28.3. The Balaban J connectivity index is 1.58. The maximum atomic E-state index is 12.2. The lowest BCUT2D eigenvalue weighted by Gasteiger charge is -2.39. The van der Waals surface area contributed by atoms with E-state index in [0.29, 0.717) is 18.5 Å². The number of benzene rings is 1. The van der Waals surface area contributed by atoms with Gasteiger partial charge in [-0.1, -0.05) is 36.8 Å². The number of hydrogen-bond donors (Lipinski definition) is 2. The number of hydrogen-bond acceptors (Lipinski definition) is 2. The summed E-state index contributed by atoms with van der Waals surface area (Å²) < 4.78 is 0. The van der Waals surface area contributed by atoms with Crippen LogP contribution in [0.1, 0.15) is 37.2 Å². The highest BCUT2D eigenvalue weighted by Gasteiger charge is 2.47. The number of carbonyl (C=O) groups is 1. The van der Waals surface area contributed by atoms with Crippen LogP contribution in [0.15, 0.2) is 30.3 Å². The van der Waals surface area contributed by atoms with Gasteiger partial charge in [0.05, 0.1) is 5.41 Å². The summed E-state index contributed by atoms with van der Waals surface area (Å²) in [6.45, 7) is 0.488. The van der Waals surface area contributed by atoms with Crippen LogP contribution in [0, 0.1) is 5.41 Å². The molecule has 1 amide bonds. The lowest BCUT2D eigenvalue weighted by Crippen LogP contribution is -2.51. The molecule has 18 heavy (non-hydrogen) atoms. The third-order valence-corrected chi connectivity index (χ3v) is 4.52. The summed E-state index contributed by atoms with van der Waals surface area (Å²) in [6.07, 6.45) is 4.11. The summed E-state index contributed by atoms with van der Waals surface area (Å²) in [4.78, 5) is 12.2. The van der Waals surface area contributed by atoms with Crippen molar-refractivity contribution in [3.05, 3.63) is 35.9 Å². The fourth-order valence-corrected chi connectivity index (χ4v) is 2.87. The summed E-state index contributed by atoms with van der Waals surface area (Å²) in [6, 6.07) is 10.7. The molecular formula is C15H20N2O. The number of amides is 1. The van der Waals surface area contributed by atoms with Crippen molar-refractivity contribution in [1.82, 2.24) is 5.32 Å². The van der Waals surface area contributed by atoms with Crippen LogP contribution in [-0.4, -0.2) is 18.5 Å². The second kappa shape index (κ2) is 4.39. The molecule has 0 spiro atoms. The highest BCUT2D eigenvalue weighted by molar-refractivity contribution is 5.84. The Hall–Kier alpha value is -1.35. The topological polar surface area (TPSA) is 55.1 Å². The molecule has 3 heteroatoms. The first-order chi connectivity index (χ1) is 8.75. The molecule has 2 fully saturated rings. The first kappa shape index (κ1) is 11.7. The molecule has 0 aromatic heterocycles. The van der Waals surface area contributed by atoms with Crippen molar-refractivity contribution in [2.24, 2.45) is 11.1 Å². The molecule has 2 saturated carbocycles. The second-order valence-corrected chi connectivity index (χ2v) is 5.67. The van der Waals surface area contributed by atoms with Gasteiger partial charge in [0.1, 0.15) is 0 Å². The van der Waals surface area contributed by atoms with E-state index in [-0.39, 0.29) is 11.3 Å². The molecule has 0 bridgehead atoms. The van der Waals surface area contributed by atoms with E-state index in [9.17, 15) is 4.79 Å². The average Bonchev–Trinajstić information content (AvgIpc) is 3.09. The minimum absolute atomic E-state index is 0.180. The standard InChI is InChI=1S/C15H20N2O/c16-10-15(7-4-8-15)14(18)17-13-9-12(13)11-5-2-1-3-6-11/h1-3,5-6,12-13H,4,7-10,16H2,(H,17,18). The number of nitrogens with one attached hydrogen (secondary N) is 1. The zero-order valence-electron chi connectivity index (χ0n) is 10.6. The maximum absolute atomic E-state index is 12.2. The Labute approximate surface area is 108 Å². The van der Waals surface area contributed by atoms with Crippen molar-refractivity contribution >= 4 is 5.91 Å². The van der Waals surface area contributed by atoms with Gasteiger partial charge in [-0.3, -0.25) is 4.79 Å². The summed E-state index contributed by atoms with van der Waals surface area (Å²) in [7, 11) is 0. The third kappa shape index (κ3) is 1.93. The molecule has 3 N–H and O–H groups in total. The summed E-state index contributed by atoms with van der Waals surface area (Å²) >= 11 is 0. The van der Waals surface area contributed by atoms with Crippen LogP contribution in [-0.2, 0) is 4.79 Å². The molecule has 0 saturated heterocycles. The van der Waals surface area contributed by atoms with Gasteiger partial charge in [-0.15, -0.1) is 0 Å². The van der Waals surface area contributed by atoms with Gasteiger partial charge < -0.3 is 11.1 Å². The molecular weight excluding hydrogens is 224 g/mol. The molecule has 96 valence electrons. The Morgan fingerprint density at radius 3 is 2.61 bits per heavy atom. The number of nitrogens with two attached hydrogens (primary N) is 1. The van der Waals surface area contributed by atoms with Gasteiger partial charge in [0.15, 0.2) is 0 Å². The van der Waals surface area contributed by atoms with Crippen LogP contribution in [0.5, 0.6) is 0 Å². The summed E-state index contributed by atoms with van der Waals surface area (Å²) in [5.74, 6) is 0.685. The molecule has 2 unspecified atom stereocenters. The van der Waals surface area contributed by atoms with Crippen LogP contribution in [0.25, 0.3) is 0 Å². The molecule has 3 nitrogen and oxygen atoms in total. The van der Waals surface area contributed by atoms with Crippen molar-refractivity contribution < 1.29 is 4.79 Å². The summed E-state index contributed by atoms with van der Waals surface area (Å²) in [5.41, 5.74) is 6.84. The van der Waals surface area contributed by atoms with Gasteiger partial charge in [0.25, 0.3) is 0 Å². The first-order valence-corrected chi connectivity index (χ1v) is 6.81. The zero-order chi connectivity index (χ0) is 12.6. The largest absolute Gasteiger partial charge is 0.352 e. The van der Waals surface area contributed by atoms with Gasteiger partial charge >= 0.3 is 0 Å². The smallest absolute Gasteiger partial charge is 0.227 e. The van der Waals surface area contributed by atoms with E-state index >= 15 is 0 Å². The lowest BCUT2D eigenvalue weighted by molar-refractivity contribution is -0.135. The van der Waals surface area contributed by atoms with Crippen LogP contribution >= 0.6 is 0 Å². The Morgan fingerprint density at radius 1 is 1.33 bits per heavy atom. The van der Waals surface area contributed by atoms with Crippen LogP contribution in [0.4, 0.5) is 0 Å². The van der Waals surface area contributed by atoms with Crippen LogP contribution in [0.2, 0.25) is 0 Å². The molecule has 1 aromatic carbocycles. The minimum Gasteiger partial charge on any atom is -0.352 e. The molecule has 0 aliphatic heterocycles. The highest BCUT2D eigenvalue weighted by atomic mass is 16.2. The van der Waals surface area contributed by atoms with E-state index in [0.717, 1.165) is 25.7 Å². The first-order valence-electron chi connectivity index (χ1n) is 6.81. The molecule has 0 heterocycles. The van der Waals surface area contributed by atoms with Crippen LogP contribution in [0.3, 0.4) is 0 Å². The van der Waals surface area contributed by atoms with E-state index in [1.807, 2.05) is 6.07 Å². The Bertz CT molecular complexity index is 434. The van der Waals surface area contributed by atoms with Gasteiger partial charge in [-0.05, 0) is 24.8 Å². The third-order valence-electron chi connectivity index (χ3n) is 4.52. The SMILES string of the molecule is NCC1(C(=O)NC2CC2c2ccccc2)CCC1. The van der Waals surface area contributed by atoms with Crippen molar-refractivity contribution in [2.75, 3.05) is 6.54 Å². The monoisotopic (exact) mass is 244 g/mol. The van der Waals surface area contributed by atoms with Gasteiger partial charge in [0, 0.05) is 18.5 Å².